The number of aromatic nitrogens is 3. The molecule has 8 nitrogen and oxygen atoms in total. The summed E-state index contributed by atoms with van der Waals surface area (Å²) in [6.45, 7) is 5.13. The standard InChI is InChI=1S/C21H24N6O2S/c1-15-14-30-21(25-15)24-13-19(28)27-9-7-26(8-10-27)18-6-4-3-5-17(18)16-11-22-20(29-2)23-12-16/h3-6,11-12,14H,7-10,13H2,1-2H3,(H,24,25). The van der Waals surface area contributed by atoms with Crippen molar-refractivity contribution in [3.63, 3.8) is 0 Å². The SMILES string of the molecule is COc1ncc(-c2ccccc2N2CCN(C(=O)CNc3nc(C)cs3)CC2)cn1. The minimum Gasteiger partial charge on any atom is -0.467 e. The number of ether oxygens (including phenoxy) is 1. The van der Waals surface area contributed by atoms with Gasteiger partial charge >= 0.3 is 6.01 Å². The molecular weight excluding hydrogens is 400 g/mol. The van der Waals surface area contributed by atoms with E-state index in [1.54, 1.807) is 19.5 Å². The van der Waals surface area contributed by atoms with E-state index in [1.165, 1.54) is 11.3 Å². The van der Waals surface area contributed by atoms with Gasteiger partial charge in [0.15, 0.2) is 5.13 Å². The molecule has 0 aliphatic carbocycles. The number of nitrogens with one attached hydrogen (secondary N) is 1. The molecule has 1 amide bonds. The lowest BCUT2D eigenvalue weighted by Gasteiger charge is -2.37. The fourth-order valence-corrected chi connectivity index (χ4v) is 4.14. The minimum atomic E-state index is 0.0966. The summed E-state index contributed by atoms with van der Waals surface area (Å²) in [7, 11) is 1.55. The highest BCUT2D eigenvalue weighted by Crippen LogP contribution is 2.31. The van der Waals surface area contributed by atoms with E-state index in [9.17, 15) is 4.79 Å². The molecule has 0 atom stereocenters. The molecule has 0 unspecified atom stereocenters. The molecule has 0 spiro atoms. The van der Waals surface area contributed by atoms with Crippen molar-refractivity contribution in [1.82, 2.24) is 19.9 Å². The molecule has 1 aliphatic heterocycles. The molecule has 0 saturated carbocycles. The van der Waals surface area contributed by atoms with Crippen LogP contribution < -0.4 is 15.0 Å². The van der Waals surface area contributed by atoms with Gasteiger partial charge in [0, 0.05) is 60.8 Å². The van der Waals surface area contributed by atoms with Gasteiger partial charge in [0.2, 0.25) is 5.91 Å². The van der Waals surface area contributed by atoms with E-state index in [0.717, 1.165) is 40.7 Å². The summed E-state index contributed by atoms with van der Waals surface area (Å²) in [6, 6.07) is 8.56. The van der Waals surface area contributed by atoms with Gasteiger partial charge in [0.1, 0.15) is 0 Å². The number of aryl methyl sites for hydroxylation is 1. The van der Waals surface area contributed by atoms with E-state index in [-0.39, 0.29) is 12.5 Å². The summed E-state index contributed by atoms with van der Waals surface area (Å²) in [5.74, 6) is 0.0966. The van der Waals surface area contributed by atoms with Crippen LogP contribution in [0.3, 0.4) is 0 Å². The van der Waals surface area contributed by atoms with Gasteiger partial charge in [0.25, 0.3) is 0 Å². The number of rotatable bonds is 6. The van der Waals surface area contributed by atoms with E-state index in [1.807, 2.05) is 29.3 Å². The number of piperazine rings is 1. The van der Waals surface area contributed by atoms with Crippen molar-refractivity contribution in [3.8, 4) is 17.1 Å². The highest BCUT2D eigenvalue weighted by molar-refractivity contribution is 7.13. The van der Waals surface area contributed by atoms with Gasteiger partial charge in [-0.2, -0.15) is 0 Å². The van der Waals surface area contributed by atoms with E-state index in [2.05, 4.69) is 37.3 Å². The zero-order valence-corrected chi connectivity index (χ0v) is 17.9. The molecule has 0 bridgehead atoms. The second kappa shape index (κ2) is 9.08. The average Bonchev–Trinajstić information content (AvgIpc) is 3.23. The number of hydrogen-bond donors (Lipinski definition) is 1. The van der Waals surface area contributed by atoms with Crippen LogP contribution in [-0.4, -0.2) is 65.6 Å². The number of anilines is 2. The first kappa shape index (κ1) is 20.1. The summed E-state index contributed by atoms with van der Waals surface area (Å²) in [5.41, 5.74) is 4.09. The molecule has 3 aromatic rings. The van der Waals surface area contributed by atoms with Crippen molar-refractivity contribution >= 4 is 28.1 Å². The molecule has 4 rings (SSSR count). The first-order valence-electron chi connectivity index (χ1n) is 9.78. The number of benzene rings is 1. The van der Waals surface area contributed by atoms with Crippen LogP contribution in [0.2, 0.25) is 0 Å². The average molecular weight is 425 g/mol. The molecule has 1 aliphatic rings. The first-order chi connectivity index (χ1) is 14.6. The summed E-state index contributed by atoms with van der Waals surface area (Å²) >= 11 is 1.52. The predicted molar refractivity (Wildman–Crippen MR) is 118 cm³/mol. The lowest BCUT2D eigenvalue weighted by molar-refractivity contribution is -0.129. The highest BCUT2D eigenvalue weighted by Gasteiger charge is 2.23. The van der Waals surface area contributed by atoms with Gasteiger partial charge in [-0.15, -0.1) is 11.3 Å². The van der Waals surface area contributed by atoms with Gasteiger partial charge < -0.3 is 19.9 Å². The Morgan fingerprint density at radius 1 is 1.17 bits per heavy atom. The maximum absolute atomic E-state index is 12.6. The van der Waals surface area contributed by atoms with Crippen LogP contribution in [0.15, 0.2) is 42.0 Å². The van der Waals surface area contributed by atoms with E-state index < -0.39 is 0 Å². The zero-order valence-electron chi connectivity index (χ0n) is 17.0. The van der Waals surface area contributed by atoms with E-state index in [4.69, 9.17) is 4.74 Å². The maximum atomic E-state index is 12.6. The lowest BCUT2D eigenvalue weighted by Crippen LogP contribution is -2.50. The summed E-state index contributed by atoms with van der Waals surface area (Å²) in [5, 5.41) is 5.88. The number of carbonyl (C=O) groups excluding carboxylic acids is 1. The Bertz CT molecular complexity index is 999. The van der Waals surface area contributed by atoms with Gasteiger partial charge in [-0.3, -0.25) is 4.79 Å². The predicted octanol–water partition coefficient (Wildman–Crippen LogP) is 2.68. The largest absolute Gasteiger partial charge is 0.467 e. The fraction of sp³-hybridized carbons (Fsp3) is 0.333. The summed E-state index contributed by atoms with van der Waals surface area (Å²) < 4.78 is 5.06. The Morgan fingerprint density at radius 2 is 1.90 bits per heavy atom. The monoisotopic (exact) mass is 424 g/mol. The molecule has 2 aromatic heterocycles. The van der Waals surface area contributed by atoms with Crippen molar-refractivity contribution in [3.05, 3.63) is 47.7 Å². The second-order valence-electron chi connectivity index (χ2n) is 6.99. The Hall–Kier alpha value is -3.20. The quantitative estimate of drug-likeness (QED) is 0.651. The Kier molecular flexibility index (Phi) is 6.08. The van der Waals surface area contributed by atoms with Crippen LogP contribution in [0.1, 0.15) is 5.69 Å². The van der Waals surface area contributed by atoms with Crippen LogP contribution in [0.25, 0.3) is 11.1 Å². The van der Waals surface area contributed by atoms with Crippen molar-refractivity contribution in [2.24, 2.45) is 0 Å². The third-order valence-electron chi connectivity index (χ3n) is 5.01. The molecule has 3 heterocycles. The topological polar surface area (TPSA) is 83.5 Å². The minimum absolute atomic E-state index is 0.0966. The smallest absolute Gasteiger partial charge is 0.316 e. The molecule has 1 aromatic carbocycles. The maximum Gasteiger partial charge on any atom is 0.316 e. The number of methoxy groups -OCH3 is 1. The number of amides is 1. The Morgan fingerprint density at radius 3 is 2.57 bits per heavy atom. The number of carbonyl (C=O) groups is 1. The summed E-state index contributed by atoms with van der Waals surface area (Å²) in [6.07, 6.45) is 3.55. The van der Waals surface area contributed by atoms with Crippen molar-refractivity contribution < 1.29 is 9.53 Å². The molecular formula is C21H24N6O2S. The van der Waals surface area contributed by atoms with Crippen LogP contribution in [0, 0.1) is 6.92 Å². The number of hydrogen-bond acceptors (Lipinski definition) is 8. The third-order valence-corrected chi connectivity index (χ3v) is 5.93. The van der Waals surface area contributed by atoms with E-state index in [0.29, 0.717) is 19.1 Å². The molecule has 9 heteroatoms. The fourth-order valence-electron chi connectivity index (χ4n) is 3.45. The molecule has 1 N–H and O–H groups in total. The molecule has 0 radical (unpaired) electrons. The number of thiazole rings is 1. The van der Waals surface area contributed by atoms with Gasteiger partial charge in [-0.25, -0.2) is 15.0 Å². The molecule has 1 saturated heterocycles. The van der Waals surface area contributed by atoms with Crippen LogP contribution in [0.4, 0.5) is 10.8 Å². The highest BCUT2D eigenvalue weighted by atomic mass is 32.1. The van der Waals surface area contributed by atoms with Crippen LogP contribution >= 0.6 is 11.3 Å². The zero-order chi connectivity index (χ0) is 20.9. The second-order valence-corrected chi connectivity index (χ2v) is 7.85. The Labute approximate surface area is 179 Å². The molecule has 30 heavy (non-hydrogen) atoms. The van der Waals surface area contributed by atoms with Crippen molar-refractivity contribution in [1.29, 1.82) is 0 Å². The lowest BCUT2D eigenvalue weighted by atomic mass is 10.1. The molecule has 156 valence electrons. The number of para-hydroxylation sites is 1. The van der Waals surface area contributed by atoms with Crippen LogP contribution in [0.5, 0.6) is 6.01 Å². The van der Waals surface area contributed by atoms with Gasteiger partial charge in [-0.1, -0.05) is 18.2 Å². The van der Waals surface area contributed by atoms with Crippen LogP contribution in [-0.2, 0) is 4.79 Å². The van der Waals surface area contributed by atoms with Crippen molar-refractivity contribution in [2.45, 2.75) is 6.92 Å². The van der Waals surface area contributed by atoms with Gasteiger partial charge in [-0.05, 0) is 13.0 Å². The normalized spacial score (nSPS) is 13.9. The molecule has 1 fully saturated rings. The third kappa shape index (κ3) is 4.51. The van der Waals surface area contributed by atoms with Gasteiger partial charge in [0.05, 0.1) is 19.3 Å². The van der Waals surface area contributed by atoms with Crippen molar-refractivity contribution in [2.75, 3.05) is 50.1 Å². The first-order valence-corrected chi connectivity index (χ1v) is 10.7. The summed E-state index contributed by atoms with van der Waals surface area (Å²) in [4.78, 5) is 29.6. The number of nitrogens with zero attached hydrogens (tertiary/aromatic N) is 5. The Balaban J connectivity index is 1.38. The van der Waals surface area contributed by atoms with E-state index >= 15 is 0 Å².